The van der Waals surface area contributed by atoms with E-state index in [9.17, 15) is 19.2 Å². The molecule has 0 radical (unpaired) electrons. The fourth-order valence-corrected chi connectivity index (χ4v) is 3.44. The number of amides is 2. The zero-order valence-corrected chi connectivity index (χ0v) is 16.3. The summed E-state index contributed by atoms with van der Waals surface area (Å²) >= 11 is 0. The molecule has 0 aromatic heterocycles. The summed E-state index contributed by atoms with van der Waals surface area (Å²) in [7, 11) is 0. The van der Waals surface area contributed by atoms with Gasteiger partial charge in [0.2, 0.25) is 0 Å². The van der Waals surface area contributed by atoms with Crippen molar-refractivity contribution in [3.8, 4) is 0 Å². The molecule has 3 aromatic carbocycles. The quantitative estimate of drug-likeness (QED) is 0.528. The first kappa shape index (κ1) is 19.3. The third-order valence-electron chi connectivity index (χ3n) is 5.27. The number of hydrogen-bond donors (Lipinski definition) is 1. The summed E-state index contributed by atoms with van der Waals surface area (Å²) in [5, 5.41) is 9.15. The highest BCUT2D eigenvalue weighted by Crippen LogP contribution is 2.30. The van der Waals surface area contributed by atoms with Crippen LogP contribution in [0.1, 0.15) is 58.1 Å². The summed E-state index contributed by atoms with van der Waals surface area (Å²) in [4.78, 5) is 50.7. The van der Waals surface area contributed by atoms with Crippen LogP contribution in [0.25, 0.3) is 0 Å². The van der Waals surface area contributed by atoms with Gasteiger partial charge in [0.1, 0.15) is 0 Å². The van der Waals surface area contributed by atoms with Crippen LogP contribution in [-0.2, 0) is 0 Å². The highest BCUT2D eigenvalue weighted by Gasteiger charge is 2.37. The number of ketones is 1. The van der Waals surface area contributed by atoms with Gasteiger partial charge in [0.05, 0.1) is 22.4 Å². The van der Waals surface area contributed by atoms with Crippen LogP contribution in [0.15, 0.2) is 60.7 Å². The van der Waals surface area contributed by atoms with Gasteiger partial charge in [-0.3, -0.25) is 14.4 Å². The van der Waals surface area contributed by atoms with E-state index < -0.39 is 17.8 Å². The number of fused-ring (bicyclic) bond motifs is 1. The lowest BCUT2D eigenvalue weighted by atomic mass is 9.99. The first-order chi connectivity index (χ1) is 14.3. The molecular weight excluding hydrogens is 382 g/mol. The maximum absolute atomic E-state index is 12.9. The summed E-state index contributed by atoms with van der Waals surface area (Å²) in [5.41, 5.74) is 3.28. The van der Waals surface area contributed by atoms with E-state index in [0.29, 0.717) is 11.1 Å². The Hall–Kier alpha value is -4.06. The van der Waals surface area contributed by atoms with Gasteiger partial charge in [-0.2, -0.15) is 0 Å². The molecular formula is C24H17NO5. The Balaban J connectivity index is 1.71. The fourth-order valence-electron chi connectivity index (χ4n) is 3.44. The Kier molecular flexibility index (Phi) is 4.54. The Morgan fingerprint density at radius 1 is 0.733 bits per heavy atom. The standard InChI is InChI=1S/C24H17NO5/c1-13-6-7-16(10-14(13)2)21(26)15-4-3-5-18(11-15)25-22(27)19-9-8-17(24(29)30)12-20(19)23(25)28/h3-12H,1-2H3,(H,29,30). The molecule has 30 heavy (non-hydrogen) atoms. The molecule has 0 saturated heterocycles. The predicted molar refractivity (Wildman–Crippen MR) is 110 cm³/mol. The number of hydrogen-bond acceptors (Lipinski definition) is 4. The lowest BCUT2D eigenvalue weighted by molar-refractivity contribution is 0.0696. The number of imide groups is 1. The molecule has 0 unspecified atom stereocenters. The van der Waals surface area contributed by atoms with E-state index in [1.54, 1.807) is 30.3 Å². The number of carboxylic acids is 1. The van der Waals surface area contributed by atoms with Crippen molar-refractivity contribution in [3.63, 3.8) is 0 Å². The molecule has 0 saturated carbocycles. The Bertz CT molecular complexity index is 1260. The van der Waals surface area contributed by atoms with Crippen LogP contribution in [0.3, 0.4) is 0 Å². The molecule has 0 bridgehead atoms. The second kappa shape index (κ2) is 7.08. The van der Waals surface area contributed by atoms with Gasteiger partial charge < -0.3 is 5.11 Å². The summed E-state index contributed by atoms with van der Waals surface area (Å²) in [6.07, 6.45) is 0. The average Bonchev–Trinajstić information content (AvgIpc) is 2.99. The number of carbonyl (C=O) groups is 4. The third-order valence-corrected chi connectivity index (χ3v) is 5.27. The zero-order valence-electron chi connectivity index (χ0n) is 16.3. The first-order valence-electron chi connectivity index (χ1n) is 9.26. The van der Waals surface area contributed by atoms with Gasteiger partial charge in [0.25, 0.3) is 11.8 Å². The number of nitrogens with zero attached hydrogens (tertiary/aromatic N) is 1. The molecule has 0 atom stereocenters. The monoisotopic (exact) mass is 399 g/mol. The first-order valence-corrected chi connectivity index (χ1v) is 9.26. The van der Waals surface area contributed by atoms with Crippen LogP contribution in [0, 0.1) is 13.8 Å². The molecule has 1 N–H and O–H groups in total. The molecule has 6 heteroatoms. The highest BCUT2D eigenvalue weighted by atomic mass is 16.4. The smallest absolute Gasteiger partial charge is 0.335 e. The highest BCUT2D eigenvalue weighted by molar-refractivity contribution is 6.34. The number of carboxylic acid groups (broad SMARTS) is 1. The van der Waals surface area contributed by atoms with E-state index in [1.165, 1.54) is 24.3 Å². The van der Waals surface area contributed by atoms with Crippen molar-refractivity contribution in [1.29, 1.82) is 0 Å². The molecule has 1 aliphatic rings. The zero-order chi connectivity index (χ0) is 21.6. The van der Waals surface area contributed by atoms with Gasteiger partial charge in [0, 0.05) is 11.1 Å². The van der Waals surface area contributed by atoms with Crippen molar-refractivity contribution in [1.82, 2.24) is 0 Å². The van der Waals surface area contributed by atoms with Crippen LogP contribution < -0.4 is 4.90 Å². The average molecular weight is 399 g/mol. The van der Waals surface area contributed by atoms with Crippen LogP contribution in [0.4, 0.5) is 5.69 Å². The molecule has 0 fully saturated rings. The second-order valence-electron chi connectivity index (χ2n) is 7.19. The van der Waals surface area contributed by atoms with Crippen molar-refractivity contribution in [3.05, 3.63) is 99.6 Å². The van der Waals surface area contributed by atoms with E-state index in [0.717, 1.165) is 16.0 Å². The van der Waals surface area contributed by atoms with Crippen molar-refractivity contribution in [2.24, 2.45) is 0 Å². The minimum absolute atomic E-state index is 0.0331. The largest absolute Gasteiger partial charge is 0.478 e. The van der Waals surface area contributed by atoms with Crippen LogP contribution in [0.5, 0.6) is 0 Å². The third kappa shape index (κ3) is 3.08. The van der Waals surface area contributed by atoms with Gasteiger partial charge in [-0.05, 0) is 61.4 Å². The number of aryl methyl sites for hydroxylation is 2. The van der Waals surface area contributed by atoms with E-state index in [4.69, 9.17) is 5.11 Å². The van der Waals surface area contributed by atoms with Gasteiger partial charge in [-0.1, -0.05) is 24.3 Å². The normalized spacial score (nSPS) is 12.8. The number of aromatic carboxylic acids is 1. The second-order valence-corrected chi connectivity index (χ2v) is 7.19. The molecule has 3 aromatic rings. The number of carbonyl (C=O) groups excluding carboxylic acids is 3. The molecule has 2 amide bonds. The molecule has 4 rings (SSSR count). The van der Waals surface area contributed by atoms with Gasteiger partial charge in [0.15, 0.2) is 5.78 Å². The van der Waals surface area contributed by atoms with E-state index in [-0.39, 0.29) is 28.2 Å². The molecule has 0 aliphatic carbocycles. The molecule has 1 heterocycles. The maximum atomic E-state index is 12.9. The lowest BCUT2D eigenvalue weighted by Crippen LogP contribution is -2.29. The molecule has 148 valence electrons. The topological polar surface area (TPSA) is 91.8 Å². The van der Waals surface area contributed by atoms with Crippen molar-refractivity contribution < 1.29 is 24.3 Å². The van der Waals surface area contributed by atoms with E-state index >= 15 is 0 Å². The number of rotatable bonds is 4. The van der Waals surface area contributed by atoms with E-state index in [2.05, 4.69) is 0 Å². The summed E-state index contributed by atoms with van der Waals surface area (Å²) in [6, 6.07) is 15.5. The predicted octanol–water partition coefficient (Wildman–Crippen LogP) is 4.03. The van der Waals surface area contributed by atoms with E-state index in [1.807, 2.05) is 19.9 Å². The Morgan fingerprint density at radius 3 is 2.10 bits per heavy atom. The number of benzene rings is 3. The summed E-state index contributed by atoms with van der Waals surface area (Å²) < 4.78 is 0. The van der Waals surface area contributed by atoms with Crippen molar-refractivity contribution in [2.45, 2.75) is 13.8 Å². The van der Waals surface area contributed by atoms with Gasteiger partial charge in [-0.15, -0.1) is 0 Å². The van der Waals surface area contributed by atoms with Crippen LogP contribution in [0.2, 0.25) is 0 Å². The number of anilines is 1. The fraction of sp³-hybridized carbons (Fsp3) is 0.0833. The van der Waals surface area contributed by atoms with Crippen LogP contribution in [-0.4, -0.2) is 28.7 Å². The molecule has 6 nitrogen and oxygen atoms in total. The van der Waals surface area contributed by atoms with Crippen molar-refractivity contribution in [2.75, 3.05) is 4.90 Å². The van der Waals surface area contributed by atoms with Crippen molar-refractivity contribution >= 4 is 29.3 Å². The Morgan fingerprint density at radius 2 is 1.40 bits per heavy atom. The summed E-state index contributed by atoms with van der Waals surface area (Å²) in [5.74, 6) is -2.57. The molecule has 1 aliphatic heterocycles. The summed E-state index contributed by atoms with van der Waals surface area (Å²) in [6.45, 7) is 3.88. The Labute approximate surface area is 172 Å². The van der Waals surface area contributed by atoms with Gasteiger partial charge >= 0.3 is 5.97 Å². The lowest BCUT2D eigenvalue weighted by Gasteiger charge is -2.15. The minimum Gasteiger partial charge on any atom is -0.478 e. The van der Waals surface area contributed by atoms with Gasteiger partial charge in [-0.25, -0.2) is 9.69 Å². The van der Waals surface area contributed by atoms with Crippen LogP contribution >= 0.6 is 0 Å². The molecule has 0 spiro atoms. The minimum atomic E-state index is -1.18. The SMILES string of the molecule is Cc1ccc(C(=O)c2cccc(N3C(=O)c4ccc(C(=O)O)cc4C3=O)c2)cc1C. The maximum Gasteiger partial charge on any atom is 0.335 e.